The number of aryl methyl sites for hydroxylation is 3. The van der Waals surface area contributed by atoms with Crippen molar-refractivity contribution >= 4 is 6.03 Å². The number of nitrogens with one attached hydrogen (secondary N) is 3. The first kappa shape index (κ1) is 17.3. The first-order valence-corrected chi connectivity index (χ1v) is 8.86. The van der Waals surface area contributed by atoms with Crippen LogP contribution in [0.25, 0.3) is 0 Å². The number of fused-ring (bicyclic) bond motifs is 1. The molecule has 0 aliphatic heterocycles. The van der Waals surface area contributed by atoms with Crippen LogP contribution in [0.2, 0.25) is 0 Å². The second kappa shape index (κ2) is 7.55. The Hall–Kier alpha value is -2.56. The Morgan fingerprint density at radius 3 is 2.84 bits per heavy atom. The van der Waals surface area contributed by atoms with Gasteiger partial charge in [0.05, 0.1) is 12.6 Å². The van der Waals surface area contributed by atoms with E-state index in [0.29, 0.717) is 5.56 Å². The quantitative estimate of drug-likeness (QED) is 0.751. The van der Waals surface area contributed by atoms with Gasteiger partial charge in [-0.25, -0.2) is 4.79 Å². The van der Waals surface area contributed by atoms with Crippen molar-refractivity contribution in [3.8, 4) is 0 Å². The molecule has 25 heavy (non-hydrogen) atoms. The minimum Gasteiger partial charge on any atom is -0.334 e. The lowest BCUT2D eigenvalue weighted by molar-refractivity contribution is 0.236. The molecular weight excluding hydrogens is 314 g/mol. The molecule has 0 saturated heterocycles. The number of carbonyl (C=O) groups is 1. The number of carbonyl (C=O) groups excluding carboxylic acids is 1. The zero-order chi connectivity index (χ0) is 17.8. The van der Waals surface area contributed by atoms with Crippen LogP contribution in [0.5, 0.6) is 0 Å². The van der Waals surface area contributed by atoms with E-state index in [4.69, 9.17) is 0 Å². The summed E-state index contributed by atoms with van der Waals surface area (Å²) in [5.41, 5.74) is 4.70. The van der Waals surface area contributed by atoms with Crippen molar-refractivity contribution in [3.63, 3.8) is 0 Å². The Bertz CT molecular complexity index is 826. The van der Waals surface area contributed by atoms with Crippen molar-refractivity contribution in [1.82, 2.24) is 15.6 Å². The second-order valence-electron chi connectivity index (χ2n) is 6.77. The number of urea groups is 1. The number of H-pyrrole nitrogens is 1. The van der Waals surface area contributed by atoms with E-state index in [9.17, 15) is 9.59 Å². The summed E-state index contributed by atoms with van der Waals surface area (Å²) in [5.74, 6) is 0. The molecular formula is C20H25N3O2. The Kier molecular flexibility index (Phi) is 5.22. The highest BCUT2D eigenvalue weighted by atomic mass is 16.2. The van der Waals surface area contributed by atoms with Gasteiger partial charge in [0.25, 0.3) is 5.56 Å². The minimum absolute atomic E-state index is 0.0242. The molecule has 0 unspecified atom stereocenters. The molecule has 0 spiro atoms. The van der Waals surface area contributed by atoms with E-state index >= 15 is 0 Å². The zero-order valence-corrected chi connectivity index (χ0v) is 14.8. The summed E-state index contributed by atoms with van der Waals surface area (Å²) in [6.07, 6.45) is 4.24. The molecule has 1 aliphatic carbocycles. The fraction of sp³-hybridized carbons (Fsp3) is 0.400. The molecule has 0 bridgehead atoms. The first-order chi connectivity index (χ1) is 12.0. The number of pyridine rings is 1. The first-order valence-electron chi connectivity index (χ1n) is 8.86. The van der Waals surface area contributed by atoms with E-state index in [1.807, 2.05) is 32.0 Å². The largest absolute Gasteiger partial charge is 0.334 e. The van der Waals surface area contributed by atoms with Crippen molar-refractivity contribution in [2.24, 2.45) is 0 Å². The molecule has 1 atom stereocenters. The normalized spacial score (nSPS) is 16.6. The van der Waals surface area contributed by atoms with Crippen LogP contribution in [0.1, 0.15) is 53.3 Å². The molecule has 1 heterocycles. The molecule has 5 nitrogen and oxygen atoms in total. The highest BCUT2D eigenvalue weighted by molar-refractivity contribution is 5.74. The average molecular weight is 339 g/mol. The standard InChI is InChI=1S/C20H25N3O2/c1-13-11-14(2)22-19(24)17(13)12-21-20(25)23-18-10-6-4-8-15-7-3-5-9-16(15)18/h3,5,7,9,11,18H,4,6,8,10,12H2,1-2H3,(H,22,24)(H2,21,23,25)/t18-/m0/s1. The summed E-state index contributed by atoms with van der Waals surface area (Å²) in [6.45, 7) is 3.96. The number of rotatable bonds is 3. The van der Waals surface area contributed by atoms with Crippen molar-refractivity contribution in [1.29, 1.82) is 0 Å². The van der Waals surface area contributed by atoms with Gasteiger partial charge in [0, 0.05) is 11.3 Å². The van der Waals surface area contributed by atoms with Crippen LogP contribution in [0.15, 0.2) is 35.1 Å². The van der Waals surface area contributed by atoms with Gasteiger partial charge in [-0.3, -0.25) is 4.79 Å². The summed E-state index contributed by atoms with van der Waals surface area (Å²) in [5, 5.41) is 5.90. The van der Waals surface area contributed by atoms with Crippen molar-refractivity contribution < 1.29 is 4.79 Å². The monoisotopic (exact) mass is 339 g/mol. The van der Waals surface area contributed by atoms with Gasteiger partial charge in [-0.1, -0.05) is 30.7 Å². The molecule has 0 fully saturated rings. The molecule has 132 valence electrons. The fourth-order valence-corrected chi connectivity index (χ4v) is 3.55. The van der Waals surface area contributed by atoms with Gasteiger partial charge in [-0.05, 0) is 55.9 Å². The maximum Gasteiger partial charge on any atom is 0.315 e. The van der Waals surface area contributed by atoms with Crippen molar-refractivity contribution in [2.45, 2.75) is 52.1 Å². The molecule has 1 aromatic heterocycles. The Balaban J connectivity index is 1.66. The summed E-state index contributed by atoms with van der Waals surface area (Å²) in [6, 6.07) is 10.0. The predicted octanol–water partition coefficient (Wildman–Crippen LogP) is 3.26. The third-order valence-corrected chi connectivity index (χ3v) is 4.84. The van der Waals surface area contributed by atoms with Gasteiger partial charge in [-0.2, -0.15) is 0 Å². The van der Waals surface area contributed by atoms with Crippen LogP contribution in [0.3, 0.4) is 0 Å². The van der Waals surface area contributed by atoms with Crippen LogP contribution >= 0.6 is 0 Å². The van der Waals surface area contributed by atoms with Crippen LogP contribution < -0.4 is 16.2 Å². The van der Waals surface area contributed by atoms with Crippen LogP contribution in [-0.4, -0.2) is 11.0 Å². The van der Waals surface area contributed by atoms with Gasteiger partial charge in [0.15, 0.2) is 0 Å². The van der Waals surface area contributed by atoms with Crippen molar-refractivity contribution in [2.75, 3.05) is 0 Å². The van der Waals surface area contributed by atoms with E-state index in [1.165, 1.54) is 11.1 Å². The Morgan fingerprint density at radius 2 is 2.04 bits per heavy atom. The molecule has 1 aliphatic rings. The molecule has 3 N–H and O–H groups in total. The van der Waals surface area contributed by atoms with E-state index in [1.54, 1.807) is 0 Å². The van der Waals surface area contributed by atoms with Gasteiger partial charge < -0.3 is 15.6 Å². The van der Waals surface area contributed by atoms with Gasteiger partial charge in [0.2, 0.25) is 0 Å². The summed E-state index contributed by atoms with van der Waals surface area (Å²) in [4.78, 5) is 27.2. The number of aromatic amines is 1. The smallest absolute Gasteiger partial charge is 0.315 e. The fourth-order valence-electron chi connectivity index (χ4n) is 3.55. The Labute approximate surface area is 147 Å². The van der Waals surface area contributed by atoms with Crippen LogP contribution in [0.4, 0.5) is 4.79 Å². The molecule has 0 radical (unpaired) electrons. The lowest BCUT2D eigenvalue weighted by atomic mass is 9.99. The van der Waals surface area contributed by atoms with Crippen molar-refractivity contribution in [3.05, 3.63) is 68.6 Å². The van der Waals surface area contributed by atoms with Gasteiger partial charge in [-0.15, -0.1) is 0 Å². The van der Waals surface area contributed by atoms with Gasteiger partial charge >= 0.3 is 6.03 Å². The molecule has 2 aromatic rings. The zero-order valence-electron chi connectivity index (χ0n) is 14.8. The lowest BCUT2D eigenvalue weighted by Gasteiger charge is -2.20. The topological polar surface area (TPSA) is 74.0 Å². The minimum atomic E-state index is -0.235. The summed E-state index contributed by atoms with van der Waals surface area (Å²) in [7, 11) is 0. The number of hydrogen-bond acceptors (Lipinski definition) is 2. The number of benzene rings is 1. The van der Waals surface area contributed by atoms with E-state index in [2.05, 4.69) is 27.8 Å². The van der Waals surface area contributed by atoms with Crippen LogP contribution in [-0.2, 0) is 13.0 Å². The molecule has 0 saturated carbocycles. The lowest BCUT2D eigenvalue weighted by Crippen LogP contribution is -2.38. The van der Waals surface area contributed by atoms with E-state index in [-0.39, 0.29) is 24.2 Å². The van der Waals surface area contributed by atoms with Gasteiger partial charge in [0.1, 0.15) is 0 Å². The summed E-state index contributed by atoms with van der Waals surface area (Å²) >= 11 is 0. The second-order valence-corrected chi connectivity index (χ2v) is 6.77. The van der Waals surface area contributed by atoms with E-state index < -0.39 is 0 Å². The number of amides is 2. The average Bonchev–Trinajstić information content (AvgIpc) is 2.76. The van der Waals surface area contributed by atoms with E-state index in [0.717, 1.165) is 36.9 Å². The number of aromatic nitrogens is 1. The number of hydrogen-bond donors (Lipinski definition) is 3. The van der Waals surface area contributed by atoms with Crippen LogP contribution in [0, 0.1) is 13.8 Å². The summed E-state index contributed by atoms with van der Waals surface area (Å²) < 4.78 is 0. The molecule has 2 amide bonds. The highest BCUT2D eigenvalue weighted by Crippen LogP contribution is 2.28. The third kappa shape index (κ3) is 4.10. The predicted molar refractivity (Wildman–Crippen MR) is 98.6 cm³/mol. The third-order valence-electron chi connectivity index (χ3n) is 4.84. The maximum atomic E-state index is 12.4. The molecule has 1 aromatic carbocycles. The maximum absolute atomic E-state index is 12.4. The Morgan fingerprint density at radius 1 is 1.24 bits per heavy atom. The highest BCUT2D eigenvalue weighted by Gasteiger charge is 2.20. The SMILES string of the molecule is Cc1cc(C)c(CNC(=O)N[C@H]2CCCCc3ccccc32)c(=O)[nH]1. The molecule has 5 heteroatoms. The molecule has 3 rings (SSSR count).